The van der Waals surface area contributed by atoms with Crippen molar-refractivity contribution in [2.24, 2.45) is 0 Å². The maximum absolute atomic E-state index is 12.0. The van der Waals surface area contributed by atoms with E-state index in [1.807, 2.05) is 36.4 Å². The highest BCUT2D eigenvalue weighted by molar-refractivity contribution is 7.90. The smallest absolute Gasteiger partial charge is 0.248 e. The lowest BCUT2D eigenvalue weighted by Crippen LogP contribution is -2.15. The van der Waals surface area contributed by atoms with Gasteiger partial charge in [-0.25, -0.2) is 23.4 Å². The Morgan fingerprint density at radius 2 is 1.81 bits per heavy atom. The molecule has 3 heterocycles. The Hall–Kier alpha value is -3.66. The van der Waals surface area contributed by atoms with E-state index in [-0.39, 0.29) is 5.16 Å². The molecule has 9 nitrogen and oxygen atoms in total. The molecular formula is C21H18N4O5S. The molecule has 10 heteroatoms. The van der Waals surface area contributed by atoms with Gasteiger partial charge >= 0.3 is 0 Å². The lowest BCUT2D eigenvalue weighted by Gasteiger charge is -2.19. The predicted octanol–water partition coefficient (Wildman–Crippen LogP) is 2.67. The van der Waals surface area contributed by atoms with Crippen LogP contribution in [0.25, 0.3) is 28.2 Å². The molecule has 1 aliphatic rings. The second-order valence-corrected chi connectivity index (χ2v) is 8.86. The number of ether oxygens (including phenoxy) is 3. The van der Waals surface area contributed by atoms with E-state index in [0.29, 0.717) is 53.1 Å². The van der Waals surface area contributed by atoms with E-state index in [0.717, 1.165) is 11.8 Å². The monoisotopic (exact) mass is 438 g/mol. The van der Waals surface area contributed by atoms with E-state index in [1.54, 1.807) is 17.7 Å². The number of aromatic nitrogens is 4. The number of hydrogen-bond donors (Lipinski definition) is 0. The van der Waals surface area contributed by atoms with Crippen molar-refractivity contribution >= 4 is 20.9 Å². The summed E-state index contributed by atoms with van der Waals surface area (Å²) in [4.78, 5) is 13.0. The number of nitrogens with zero attached hydrogens (tertiary/aromatic N) is 4. The van der Waals surface area contributed by atoms with Gasteiger partial charge in [-0.2, -0.15) is 0 Å². The molecule has 0 saturated heterocycles. The number of benzene rings is 2. The Labute approximate surface area is 178 Å². The summed E-state index contributed by atoms with van der Waals surface area (Å²) in [5.74, 6) is 2.87. The number of hydrogen-bond acceptors (Lipinski definition) is 8. The largest absolute Gasteiger partial charge is 0.497 e. The average molecular weight is 438 g/mol. The highest BCUT2D eigenvalue weighted by Gasteiger charge is 2.21. The van der Waals surface area contributed by atoms with Crippen LogP contribution in [0.3, 0.4) is 0 Å². The molecule has 0 atom stereocenters. The van der Waals surface area contributed by atoms with Crippen LogP contribution in [-0.2, 0) is 9.84 Å². The lowest BCUT2D eigenvalue weighted by atomic mass is 10.2. The predicted molar refractivity (Wildman–Crippen MR) is 113 cm³/mol. The van der Waals surface area contributed by atoms with E-state index in [1.165, 1.54) is 6.20 Å². The van der Waals surface area contributed by atoms with Gasteiger partial charge in [0.25, 0.3) is 0 Å². The molecular weight excluding hydrogens is 420 g/mol. The van der Waals surface area contributed by atoms with E-state index in [9.17, 15) is 8.42 Å². The second-order valence-electron chi connectivity index (χ2n) is 6.95. The molecule has 0 N–H and O–H groups in total. The van der Waals surface area contributed by atoms with Gasteiger partial charge in [0, 0.05) is 24.1 Å². The van der Waals surface area contributed by atoms with Crippen LogP contribution in [0.15, 0.2) is 53.8 Å². The first-order valence-corrected chi connectivity index (χ1v) is 11.3. The maximum Gasteiger partial charge on any atom is 0.248 e. The molecule has 158 valence electrons. The van der Waals surface area contributed by atoms with Crippen molar-refractivity contribution in [2.45, 2.75) is 5.16 Å². The SMILES string of the molecule is COc1ccc2nc(-c3ccc4c(c3)OCCO4)n(-c3ccnc(S(C)(=O)=O)n3)c2c1. The van der Waals surface area contributed by atoms with Crippen molar-refractivity contribution in [2.75, 3.05) is 26.6 Å². The van der Waals surface area contributed by atoms with Crippen LogP contribution in [0.4, 0.5) is 0 Å². The molecule has 0 bridgehead atoms. The minimum atomic E-state index is -3.59. The summed E-state index contributed by atoms with van der Waals surface area (Å²) in [6, 6.07) is 12.7. The van der Waals surface area contributed by atoms with Gasteiger partial charge in [0.2, 0.25) is 15.0 Å². The number of rotatable bonds is 4. The van der Waals surface area contributed by atoms with Gasteiger partial charge < -0.3 is 14.2 Å². The maximum atomic E-state index is 12.0. The molecule has 1 aliphatic heterocycles. The van der Waals surface area contributed by atoms with Gasteiger partial charge in [-0.05, 0) is 36.4 Å². The van der Waals surface area contributed by atoms with Gasteiger partial charge in [0.15, 0.2) is 11.5 Å². The molecule has 0 unspecified atom stereocenters. The number of imidazole rings is 1. The first-order chi connectivity index (χ1) is 14.9. The Morgan fingerprint density at radius 3 is 2.58 bits per heavy atom. The van der Waals surface area contributed by atoms with Crippen molar-refractivity contribution in [3.05, 3.63) is 48.7 Å². The fourth-order valence-electron chi connectivity index (χ4n) is 3.43. The van der Waals surface area contributed by atoms with Crippen LogP contribution in [0, 0.1) is 0 Å². The third-order valence-corrected chi connectivity index (χ3v) is 5.70. The minimum Gasteiger partial charge on any atom is -0.497 e. The molecule has 0 fully saturated rings. The minimum absolute atomic E-state index is 0.261. The summed E-state index contributed by atoms with van der Waals surface area (Å²) in [7, 11) is -2.01. The van der Waals surface area contributed by atoms with Crippen LogP contribution in [-0.4, -0.2) is 54.5 Å². The third-order valence-electron chi connectivity index (χ3n) is 4.84. The van der Waals surface area contributed by atoms with Crippen LogP contribution >= 0.6 is 0 Å². The topological polar surface area (TPSA) is 105 Å². The molecule has 31 heavy (non-hydrogen) atoms. The summed E-state index contributed by atoms with van der Waals surface area (Å²) in [5, 5.41) is -0.261. The van der Waals surface area contributed by atoms with Crippen molar-refractivity contribution < 1.29 is 22.6 Å². The van der Waals surface area contributed by atoms with E-state index < -0.39 is 9.84 Å². The van der Waals surface area contributed by atoms with Crippen LogP contribution in [0.2, 0.25) is 0 Å². The van der Waals surface area contributed by atoms with Crippen molar-refractivity contribution in [1.82, 2.24) is 19.5 Å². The highest BCUT2D eigenvalue weighted by atomic mass is 32.2. The lowest BCUT2D eigenvalue weighted by molar-refractivity contribution is 0.171. The van der Waals surface area contributed by atoms with Gasteiger partial charge in [-0.15, -0.1) is 0 Å². The van der Waals surface area contributed by atoms with Crippen LogP contribution in [0.5, 0.6) is 17.2 Å². The van der Waals surface area contributed by atoms with Gasteiger partial charge in [-0.1, -0.05) is 0 Å². The summed E-state index contributed by atoms with van der Waals surface area (Å²) in [6.45, 7) is 0.966. The Morgan fingerprint density at radius 1 is 1.00 bits per heavy atom. The average Bonchev–Trinajstić information content (AvgIpc) is 3.17. The van der Waals surface area contributed by atoms with Crippen molar-refractivity contribution in [3.63, 3.8) is 0 Å². The molecule has 2 aromatic heterocycles. The summed E-state index contributed by atoms with van der Waals surface area (Å²) in [5.41, 5.74) is 2.17. The van der Waals surface area contributed by atoms with Crippen LogP contribution in [0.1, 0.15) is 0 Å². The van der Waals surface area contributed by atoms with Crippen molar-refractivity contribution in [1.29, 1.82) is 0 Å². The normalized spacial score (nSPS) is 13.4. The van der Waals surface area contributed by atoms with Gasteiger partial charge in [0.05, 0.1) is 18.1 Å². The molecule has 5 rings (SSSR count). The molecule has 0 saturated carbocycles. The Kier molecular flexibility index (Phi) is 4.51. The van der Waals surface area contributed by atoms with Gasteiger partial charge in [0.1, 0.15) is 30.6 Å². The quantitative estimate of drug-likeness (QED) is 0.448. The molecule has 2 aromatic carbocycles. The first-order valence-electron chi connectivity index (χ1n) is 9.44. The zero-order valence-corrected chi connectivity index (χ0v) is 17.6. The van der Waals surface area contributed by atoms with Crippen molar-refractivity contribution in [3.8, 4) is 34.5 Å². The summed E-state index contributed by atoms with van der Waals surface area (Å²) < 4.78 is 42.6. The molecule has 0 amide bonds. The van der Waals surface area contributed by atoms with E-state index >= 15 is 0 Å². The highest BCUT2D eigenvalue weighted by Crippen LogP contribution is 2.36. The standard InChI is InChI=1S/C21H18N4O5S/c1-28-14-4-5-15-16(12-14)25(19-7-8-22-21(24-19)31(2,26)27)20(23-15)13-3-6-17-18(11-13)30-10-9-29-17/h3-8,11-12H,9-10H2,1-2H3. The molecule has 4 aromatic rings. The molecule has 0 aliphatic carbocycles. The summed E-state index contributed by atoms with van der Waals surface area (Å²) in [6.07, 6.45) is 2.49. The first kappa shape index (κ1) is 19.3. The Bertz CT molecular complexity index is 1410. The Balaban J connectivity index is 1.78. The van der Waals surface area contributed by atoms with Crippen LogP contribution < -0.4 is 14.2 Å². The zero-order valence-electron chi connectivity index (χ0n) is 16.8. The third kappa shape index (κ3) is 3.44. The zero-order chi connectivity index (χ0) is 21.6. The van der Waals surface area contributed by atoms with E-state index in [4.69, 9.17) is 19.2 Å². The molecule has 0 radical (unpaired) electrons. The fourth-order valence-corrected chi connectivity index (χ4v) is 3.94. The van der Waals surface area contributed by atoms with E-state index in [2.05, 4.69) is 9.97 Å². The van der Waals surface area contributed by atoms with Gasteiger partial charge in [-0.3, -0.25) is 4.57 Å². The second kappa shape index (κ2) is 7.24. The fraction of sp³-hybridized carbons (Fsp3) is 0.190. The molecule has 0 spiro atoms. The number of sulfone groups is 1. The number of methoxy groups -OCH3 is 1. The number of fused-ring (bicyclic) bond motifs is 2. The summed E-state index contributed by atoms with van der Waals surface area (Å²) >= 11 is 0.